The topological polar surface area (TPSA) is 113 Å². The minimum atomic E-state index is -0.784. The maximum atomic E-state index is 9.68. The number of aromatic amines is 1. The number of nitriles is 1. The summed E-state index contributed by atoms with van der Waals surface area (Å²) < 4.78 is 21.7. The molecular weight excluding hydrogens is 336 g/mol. The minimum absolute atomic E-state index is 0.132. The molecule has 0 spiro atoms. The van der Waals surface area contributed by atoms with Gasteiger partial charge in [0.1, 0.15) is 5.92 Å². The molecule has 1 aliphatic rings. The number of ether oxygens (including phenoxy) is 4. The molecule has 0 saturated heterocycles. The second kappa shape index (κ2) is 6.96. The smallest absolute Gasteiger partial charge is 0.243 e. The fourth-order valence-electron chi connectivity index (χ4n) is 3.29. The zero-order valence-electron chi connectivity index (χ0n) is 15.0. The lowest BCUT2D eigenvalue weighted by atomic mass is 9.79. The Balaban J connectivity index is 2.26. The second-order valence-corrected chi connectivity index (χ2v) is 5.78. The number of methoxy groups -OCH3 is 3. The monoisotopic (exact) mass is 356 g/mol. The fourth-order valence-corrected chi connectivity index (χ4v) is 3.29. The molecule has 1 aliphatic heterocycles. The number of aryl methyl sites for hydroxylation is 1. The highest BCUT2D eigenvalue weighted by Gasteiger charge is 2.41. The Morgan fingerprint density at radius 1 is 1.23 bits per heavy atom. The van der Waals surface area contributed by atoms with Crippen molar-refractivity contribution in [1.29, 1.82) is 10.7 Å². The number of nitrogens with zero attached hydrogens (tertiary/aromatic N) is 2. The van der Waals surface area contributed by atoms with Crippen molar-refractivity contribution in [2.45, 2.75) is 19.3 Å². The van der Waals surface area contributed by atoms with Crippen LogP contribution in [0.25, 0.3) is 0 Å². The first-order valence-electron chi connectivity index (χ1n) is 8.12. The van der Waals surface area contributed by atoms with E-state index in [0.717, 1.165) is 16.8 Å². The minimum Gasteiger partial charge on any atom is -0.493 e. The van der Waals surface area contributed by atoms with Crippen molar-refractivity contribution in [2.24, 2.45) is 5.92 Å². The Bertz CT molecular complexity index is 859. The summed E-state index contributed by atoms with van der Waals surface area (Å²) in [6.45, 7) is 1.99. The van der Waals surface area contributed by atoms with E-state index in [1.165, 1.54) is 21.3 Å². The zero-order chi connectivity index (χ0) is 18.8. The van der Waals surface area contributed by atoms with Gasteiger partial charge >= 0.3 is 0 Å². The maximum Gasteiger partial charge on any atom is 0.243 e. The van der Waals surface area contributed by atoms with Crippen LogP contribution in [0.2, 0.25) is 0 Å². The Morgan fingerprint density at radius 3 is 2.38 bits per heavy atom. The number of H-pyrrole nitrogens is 1. The predicted octanol–water partition coefficient (Wildman–Crippen LogP) is 2.64. The van der Waals surface area contributed by atoms with Crippen LogP contribution < -0.4 is 18.9 Å². The quantitative estimate of drug-likeness (QED) is 0.851. The first-order valence-corrected chi connectivity index (χ1v) is 8.12. The van der Waals surface area contributed by atoms with Crippen molar-refractivity contribution >= 4 is 5.90 Å². The van der Waals surface area contributed by atoms with E-state index in [4.69, 9.17) is 24.4 Å². The Kier molecular flexibility index (Phi) is 4.71. The molecular formula is C18H20N4O4. The second-order valence-electron chi connectivity index (χ2n) is 5.78. The van der Waals surface area contributed by atoms with Gasteiger partial charge < -0.3 is 18.9 Å². The largest absolute Gasteiger partial charge is 0.493 e. The average molecular weight is 356 g/mol. The lowest BCUT2D eigenvalue weighted by Crippen LogP contribution is -2.31. The molecule has 8 nitrogen and oxygen atoms in total. The molecule has 2 aromatic rings. The van der Waals surface area contributed by atoms with Gasteiger partial charge in [-0.3, -0.25) is 10.5 Å². The van der Waals surface area contributed by atoms with E-state index in [0.29, 0.717) is 29.5 Å². The van der Waals surface area contributed by atoms with Crippen molar-refractivity contribution in [3.63, 3.8) is 0 Å². The summed E-state index contributed by atoms with van der Waals surface area (Å²) in [5, 5.41) is 24.9. The van der Waals surface area contributed by atoms with E-state index >= 15 is 0 Å². The highest BCUT2D eigenvalue weighted by Crippen LogP contribution is 2.47. The van der Waals surface area contributed by atoms with Crippen molar-refractivity contribution < 1.29 is 18.9 Å². The van der Waals surface area contributed by atoms with Crippen molar-refractivity contribution in [2.75, 3.05) is 21.3 Å². The number of benzene rings is 1. The standard InChI is InChI=1S/C18H20N4O4/c1-5-11-15-14(10(8-19)17(20)26-18(15)22-21-11)9-6-12(23-2)16(25-4)13(7-9)24-3/h6-7,10,14,20H,5H2,1-4H3,(H,21,22). The third-order valence-electron chi connectivity index (χ3n) is 4.52. The highest BCUT2D eigenvalue weighted by molar-refractivity contribution is 5.85. The summed E-state index contributed by atoms with van der Waals surface area (Å²) >= 11 is 0. The van der Waals surface area contributed by atoms with Gasteiger partial charge in [0.25, 0.3) is 0 Å². The number of hydrogen-bond acceptors (Lipinski definition) is 7. The van der Waals surface area contributed by atoms with Gasteiger partial charge in [0.05, 0.1) is 27.4 Å². The number of hydrogen-bond donors (Lipinski definition) is 2. The van der Waals surface area contributed by atoms with Gasteiger partial charge in [0, 0.05) is 17.2 Å². The fraction of sp³-hybridized carbons (Fsp3) is 0.389. The van der Waals surface area contributed by atoms with E-state index in [1.54, 1.807) is 12.1 Å². The van der Waals surface area contributed by atoms with Crippen LogP contribution >= 0.6 is 0 Å². The first-order chi connectivity index (χ1) is 12.6. The van der Waals surface area contributed by atoms with Crippen LogP contribution in [0.3, 0.4) is 0 Å². The number of aromatic nitrogens is 2. The van der Waals surface area contributed by atoms with E-state index < -0.39 is 11.8 Å². The van der Waals surface area contributed by atoms with Gasteiger partial charge in [-0.25, -0.2) is 0 Å². The van der Waals surface area contributed by atoms with Gasteiger partial charge in [0.2, 0.25) is 17.5 Å². The Labute approximate surface area is 151 Å². The molecule has 26 heavy (non-hydrogen) atoms. The summed E-state index contributed by atoms with van der Waals surface area (Å²) in [7, 11) is 4.61. The zero-order valence-corrected chi connectivity index (χ0v) is 15.0. The van der Waals surface area contributed by atoms with E-state index in [2.05, 4.69) is 16.3 Å². The predicted molar refractivity (Wildman–Crippen MR) is 93.4 cm³/mol. The van der Waals surface area contributed by atoms with Crippen LogP contribution in [0.4, 0.5) is 0 Å². The average Bonchev–Trinajstić information content (AvgIpc) is 3.07. The highest BCUT2D eigenvalue weighted by atomic mass is 16.5. The van der Waals surface area contributed by atoms with Crippen LogP contribution in [0.1, 0.15) is 29.7 Å². The van der Waals surface area contributed by atoms with E-state index in [1.807, 2.05) is 6.92 Å². The molecule has 1 aromatic carbocycles. The normalized spacial score (nSPS) is 18.5. The molecule has 2 unspecified atom stereocenters. The summed E-state index contributed by atoms with van der Waals surface area (Å²) in [5.41, 5.74) is 2.41. The van der Waals surface area contributed by atoms with Gasteiger partial charge in [-0.2, -0.15) is 5.26 Å². The molecule has 0 saturated carbocycles. The Hall–Kier alpha value is -3.21. The van der Waals surface area contributed by atoms with Gasteiger partial charge in [-0.1, -0.05) is 6.92 Å². The van der Waals surface area contributed by atoms with Crippen molar-refractivity contribution in [3.05, 3.63) is 29.0 Å². The summed E-state index contributed by atoms with van der Waals surface area (Å²) in [5.74, 6) is 0.425. The molecule has 0 bridgehead atoms. The molecule has 8 heteroatoms. The molecule has 2 N–H and O–H groups in total. The molecule has 3 rings (SSSR count). The molecule has 0 radical (unpaired) electrons. The molecule has 0 amide bonds. The van der Waals surface area contributed by atoms with Crippen LogP contribution in [0, 0.1) is 22.7 Å². The van der Waals surface area contributed by atoms with Crippen LogP contribution in [0.15, 0.2) is 12.1 Å². The third kappa shape index (κ3) is 2.62. The van der Waals surface area contributed by atoms with E-state index in [9.17, 15) is 5.26 Å². The number of rotatable bonds is 5. The number of nitrogens with one attached hydrogen (secondary N) is 2. The first kappa shape index (κ1) is 17.6. The summed E-state index contributed by atoms with van der Waals surface area (Å²) in [6, 6.07) is 5.78. The van der Waals surface area contributed by atoms with Crippen LogP contribution in [-0.4, -0.2) is 37.4 Å². The van der Waals surface area contributed by atoms with Gasteiger partial charge in [0.15, 0.2) is 11.5 Å². The molecule has 0 aliphatic carbocycles. The SMILES string of the molecule is CCc1[nH]nc2c1C(c1cc(OC)c(OC)c(OC)c1)C(C#N)C(=N)O2. The van der Waals surface area contributed by atoms with Gasteiger partial charge in [-0.15, -0.1) is 5.10 Å². The van der Waals surface area contributed by atoms with Gasteiger partial charge in [-0.05, 0) is 24.1 Å². The molecule has 1 aromatic heterocycles. The lowest BCUT2D eigenvalue weighted by molar-refractivity contribution is 0.323. The van der Waals surface area contributed by atoms with Crippen molar-refractivity contribution in [1.82, 2.24) is 10.2 Å². The van der Waals surface area contributed by atoms with E-state index in [-0.39, 0.29) is 5.90 Å². The lowest BCUT2D eigenvalue weighted by Gasteiger charge is -2.28. The number of fused-ring (bicyclic) bond motifs is 1. The van der Waals surface area contributed by atoms with Crippen LogP contribution in [0.5, 0.6) is 23.1 Å². The van der Waals surface area contributed by atoms with Crippen molar-refractivity contribution in [3.8, 4) is 29.2 Å². The molecule has 0 fully saturated rings. The Morgan fingerprint density at radius 2 is 1.88 bits per heavy atom. The maximum absolute atomic E-state index is 9.68. The molecule has 2 heterocycles. The molecule has 2 atom stereocenters. The van der Waals surface area contributed by atoms with Crippen LogP contribution in [-0.2, 0) is 6.42 Å². The summed E-state index contributed by atoms with van der Waals surface area (Å²) in [4.78, 5) is 0. The molecule has 136 valence electrons. The summed E-state index contributed by atoms with van der Waals surface area (Å²) in [6.07, 6.45) is 0.693. The third-order valence-corrected chi connectivity index (χ3v) is 4.52.